The van der Waals surface area contributed by atoms with Crippen molar-refractivity contribution in [2.75, 3.05) is 31.6 Å². The van der Waals surface area contributed by atoms with Crippen LogP contribution in [0.3, 0.4) is 0 Å². The Labute approximate surface area is 116 Å². The lowest BCUT2D eigenvalue weighted by molar-refractivity contribution is 0.185. The van der Waals surface area contributed by atoms with E-state index in [1.165, 1.54) is 30.5 Å². The fourth-order valence-corrected chi connectivity index (χ4v) is 2.81. The van der Waals surface area contributed by atoms with E-state index in [4.69, 9.17) is 4.74 Å². The van der Waals surface area contributed by atoms with Crippen molar-refractivity contribution in [3.63, 3.8) is 0 Å². The van der Waals surface area contributed by atoms with Gasteiger partial charge in [-0.05, 0) is 31.9 Å². The minimum Gasteiger partial charge on any atom is -0.380 e. The van der Waals surface area contributed by atoms with Gasteiger partial charge in [-0.3, -0.25) is 0 Å². The van der Waals surface area contributed by atoms with Crippen molar-refractivity contribution in [1.29, 1.82) is 0 Å². The lowest BCUT2D eigenvalue weighted by atomic mass is 10.0. The number of methoxy groups -OCH3 is 1. The lowest BCUT2D eigenvalue weighted by Crippen LogP contribution is -2.46. The molecule has 0 radical (unpaired) electrons. The molecule has 2 rings (SSSR count). The predicted octanol–water partition coefficient (Wildman–Crippen LogP) is 2.80. The van der Waals surface area contributed by atoms with Gasteiger partial charge in [0.25, 0.3) is 0 Å². The Morgan fingerprint density at radius 3 is 3.00 bits per heavy atom. The minimum atomic E-state index is 0.629. The molecule has 1 aliphatic heterocycles. The van der Waals surface area contributed by atoms with E-state index in [0.717, 1.165) is 19.6 Å². The molecular formula is C16H26N2O. The lowest BCUT2D eigenvalue weighted by Gasteiger charge is -2.36. The van der Waals surface area contributed by atoms with Crippen LogP contribution in [0.2, 0.25) is 0 Å². The van der Waals surface area contributed by atoms with Crippen LogP contribution >= 0.6 is 0 Å². The van der Waals surface area contributed by atoms with Crippen LogP contribution in [0.25, 0.3) is 0 Å². The Morgan fingerprint density at radius 2 is 2.21 bits per heavy atom. The van der Waals surface area contributed by atoms with Crippen LogP contribution in [0.5, 0.6) is 0 Å². The second-order valence-electron chi connectivity index (χ2n) is 5.30. The molecule has 1 heterocycles. The number of rotatable bonds is 6. The number of hydrogen-bond acceptors (Lipinski definition) is 3. The van der Waals surface area contributed by atoms with Gasteiger partial charge in [0.1, 0.15) is 0 Å². The fraction of sp³-hybridized carbons (Fsp3) is 0.625. The Kier molecular flexibility index (Phi) is 5.67. The first-order valence-corrected chi connectivity index (χ1v) is 7.40. The smallest absolute Gasteiger partial charge is 0.0733 e. The molecule has 106 valence electrons. The molecular weight excluding hydrogens is 236 g/mol. The zero-order valence-corrected chi connectivity index (χ0v) is 12.2. The van der Waals surface area contributed by atoms with Crippen LogP contribution < -0.4 is 10.2 Å². The number of piperidine rings is 1. The zero-order valence-electron chi connectivity index (χ0n) is 12.2. The van der Waals surface area contributed by atoms with Crippen LogP contribution in [-0.2, 0) is 11.3 Å². The fourth-order valence-electron chi connectivity index (χ4n) is 2.81. The molecule has 0 spiro atoms. The third kappa shape index (κ3) is 3.95. The van der Waals surface area contributed by atoms with Gasteiger partial charge in [0.15, 0.2) is 0 Å². The molecule has 1 saturated heterocycles. The van der Waals surface area contributed by atoms with Crippen molar-refractivity contribution in [3.05, 3.63) is 29.8 Å². The largest absolute Gasteiger partial charge is 0.380 e. The first kappa shape index (κ1) is 14.4. The van der Waals surface area contributed by atoms with Crippen molar-refractivity contribution in [2.24, 2.45) is 0 Å². The van der Waals surface area contributed by atoms with E-state index in [1.54, 1.807) is 7.11 Å². The highest BCUT2D eigenvalue weighted by Crippen LogP contribution is 2.24. The molecule has 0 saturated carbocycles. The van der Waals surface area contributed by atoms with Gasteiger partial charge in [-0.2, -0.15) is 0 Å². The number of hydrogen-bond donors (Lipinski definition) is 1. The van der Waals surface area contributed by atoms with Crippen molar-refractivity contribution in [1.82, 2.24) is 5.32 Å². The summed E-state index contributed by atoms with van der Waals surface area (Å²) in [5.74, 6) is 0. The number of nitrogens with one attached hydrogen (secondary N) is 1. The summed E-state index contributed by atoms with van der Waals surface area (Å²) in [5, 5.41) is 3.65. The molecule has 1 unspecified atom stereocenters. The van der Waals surface area contributed by atoms with Crippen LogP contribution in [0.4, 0.5) is 5.69 Å². The van der Waals surface area contributed by atoms with Gasteiger partial charge in [0.05, 0.1) is 6.61 Å². The Hall–Kier alpha value is -1.06. The Balaban J connectivity index is 2.04. The SMILES string of the molecule is CCCNC1CCCN(c2ccccc2COC)C1. The summed E-state index contributed by atoms with van der Waals surface area (Å²) in [6.45, 7) is 6.31. The second kappa shape index (κ2) is 7.51. The normalized spacial score (nSPS) is 19.7. The minimum absolute atomic E-state index is 0.629. The van der Waals surface area contributed by atoms with Gasteiger partial charge in [-0.1, -0.05) is 25.1 Å². The molecule has 1 atom stereocenters. The van der Waals surface area contributed by atoms with Crippen LogP contribution in [0, 0.1) is 0 Å². The van der Waals surface area contributed by atoms with Crippen molar-refractivity contribution in [3.8, 4) is 0 Å². The van der Waals surface area contributed by atoms with Crippen molar-refractivity contribution in [2.45, 2.75) is 38.8 Å². The Morgan fingerprint density at radius 1 is 1.37 bits per heavy atom. The predicted molar refractivity (Wildman–Crippen MR) is 80.7 cm³/mol. The highest BCUT2D eigenvalue weighted by molar-refractivity contribution is 5.53. The molecule has 1 aromatic carbocycles. The highest BCUT2D eigenvalue weighted by atomic mass is 16.5. The average Bonchev–Trinajstić information content (AvgIpc) is 2.46. The Bertz CT molecular complexity index is 381. The highest BCUT2D eigenvalue weighted by Gasteiger charge is 2.20. The molecule has 1 fully saturated rings. The van der Waals surface area contributed by atoms with E-state index in [1.807, 2.05) is 0 Å². The standard InChI is InChI=1S/C16H26N2O/c1-3-10-17-15-8-6-11-18(12-15)16-9-5-4-7-14(16)13-19-2/h4-5,7,9,15,17H,3,6,8,10-13H2,1-2H3. The number of nitrogens with zero attached hydrogens (tertiary/aromatic N) is 1. The van der Waals surface area contributed by atoms with Crippen LogP contribution in [0.1, 0.15) is 31.7 Å². The second-order valence-corrected chi connectivity index (χ2v) is 5.30. The van der Waals surface area contributed by atoms with Crippen molar-refractivity contribution >= 4 is 5.69 Å². The van der Waals surface area contributed by atoms with Gasteiger partial charge in [-0.25, -0.2) is 0 Å². The third-order valence-electron chi connectivity index (χ3n) is 3.74. The number of anilines is 1. The van der Waals surface area contributed by atoms with Gasteiger partial charge in [0.2, 0.25) is 0 Å². The van der Waals surface area contributed by atoms with E-state index in [9.17, 15) is 0 Å². The van der Waals surface area contributed by atoms with Crippen molar-refractivity contribution < 1.29 is 4.74 Å². The molecule has 0 amide bonds. The van der Waals surface area contributed by atoms with Crippen LogP contribution in [0.15, 0.2) is 24.3 Å². The molecule has 3 heteroatoms. The van der Waals surface area contributed by atoms with Gasteiger partial charge >= 0.3 is 0 Å². The third-order valence-corrected chi connectivity index (χ3v) is 3.74. The molecule has 1 aromatic rings. The van der Waals surface area contributed by atoms with Crippen LogP contribution in [-0.4, -0.2) is 32.8 Å². The topological polar surface area (TPSA) is 24.5 Å². The zero-order chi connectivity index (χ0) is 13.5. The van der Waals surface area contributed by atoms with Gasteiger partial charge in [0, 0.05) is 37.5 Å². The summed E-state index contributed by atoms with van der Waals surface area (Å²) in [7, 11) is 1.76. The van der Waals surface area contributed by atoms with E-state index >= 15 is 0 Å². The van der Waals surface area contributed by atoms with E-state index in [2.05, 4.69) is 41.4 Å². The summed E-state index contributed by atoms with van der Waals surface area (Å²) in [6, 6.07) is 9.23. The molecule has 3 nitrogen and oxygen atoms in total. The van der Waals surface area contributed by atoms with E-state index < -0.39 is 0 Å². The summed E-state index contributed by atoms with van der Waals surface area (Å²) in [5.41, 5.74) is 2.63. The first-order valence-electron chi connectivity index (χ1n) is 7.40. The summed E-state index contributed by atoms with van der Waals surface area (Å²) < 4.78 is 5.31. The quantitative estimate of drug-likeness (QED) is 0.853. The van der Waals surface area contributed by atoms with Gasteiger partial charge in [-0.15, -0.1) is 0 Å². The number of benzene rings is 1. The maximum absolute atomic E-state index is 5.31. The molecule has 19 heavy (non-hydrogen) atoms. The molecule has 1 N–H and O–H groups in total. The number of para-hydroxylation sites is 1. The maximum atomic E-state index is 5.31. The van der Waals surface area contributed by atoms with Gasteiger partial charge < -0.3 is 15.0 Å². The van der Waals surface area contributed by atoms with E-state index in [-0.39, 0.29) is 0 Å². The summed E-state index contributed by atoms with van der Waals surface area (Å²) >= 11 is 0. The summed E-state index contributed by atoms with van der Waals surface area (Å²) in [4.78, 5) is 2.51. The summed E-state index contributed by atoms with van der Waals surface area (Å²) in [6.07, 6.45) is 3.77. The molecule has 0 bridgehead atoms. The number of ether oxygens (including phenoxy) is 1. The molecule has 0 aromatic heterocycles. The van der Waals surface area contributed by atoms with E-state index in [0.29, 0.717) is 12.6 Å². The molecule has 1 aliphatic rings. The monoisotopic (exact) mass is 262 g/mol. The maximum Gasteiger partial charge on any atom is 0.0733 e. The molecule has 0 aliphatic carbocycles. The average molecular weight is 262 g/mol. The first-order chi connectivity index (χ1) is 9.35.